The zero-order valence-corrected chi connectivity index (χ0v) is 13.5. The van der Waals surface area contributed by atoms with Gasteiger partial charge in [-0.15, -0.1) is 0 Å². The largest absolute Gasteiger partial charge is 0.493 e. The summed E-state index contributed by atoms with van der Waals surface area (Å²) >= 11 is 0. The molecule has 3 N–H and O–H groups in total. The highest BCUT2D eigenvalue weighted by Gasteiger charge is 2.19. The first-order chi connectivity index (χ1) is 9.99. The number of aliphatic hydroxyl groups is 1. The fraction of sp³-hybridized carbons (Fsp3) is 0.625. The van der Waals surface area contributed by atoms with E-state index in [9.17, 15) is 5.11 Å². The lowest BCUT2D eigenvalue weighted by atomic mass is 10.00. The van der Waals surface area contributed by atoms with E-state index >= 15 is 0 Å². The van der Waals surface area contributed by atoms with Gasteiger partial charge in [-0.3, -0.25) is 0 Å². The van der Waals surface area contributed by atoms with E-state index in [1.54, 1.807) is 13.2 Å². The third-order valence-electron chi connectivity index (χ3n) is 3.31. The summed E-state index contributed by atoms with van der Waals surface area (Å²) in [5.74, 6) is 1.32. The summed E-state index contributed by atoms with van der Waals surface area (Å²) in [7, 11) is 5.57. The quantitative estimate of drug-likeness (QED) is 0.727. The number of methoxy groups -OCH3 is 1. The number of aliphatic hydroxyl groups excluding tert-OH is 1. The fourth-order valence-corrected chi connectivity index (χ4v) is 2.01. The van der Waals surface area contributed by atoms with Gasteiger partial charge in [0.25, 0.3) is 0 Å². The molecule has 2 atom stereocenters. The molecule has 1 rings (SSSR count). The van der Waals surface area contributed by atoms with Crippen molar-refractivity contribution in [1.29, 1.82) is 0 Å². The first-order valence-electron chi connectivity index (χ1n) is 7.38. The Morgan fingerprint density at radius 2 is 2.00 bits per heavy atom. The first-order valence-corrected chi connectivity index (χ1v) is 7.38. The molecule has 0 amide bonds. The van der Waals surface area contributed by atoms with Crippen molar-refractivity contribution in [3.63, 3.8) is 0 Å². The molecular formula is C16H28N2O3. The number of hydrogen-bond donors (Lipinski definition) is 2. The molecule has 5 nitrogen and oxygen atoms in total. The Morgan fingerprint density at radius 3 is 2.57 bits per heavy atom. The van der Waals surface area contributed by atoms with Crippen LogP contribution in [-0.2, 0) is 0 Å². The second-order valence-electron chi connectivity index (χ2n) is 5.46. The SMILES string of the molecule is CCCOc1ccc(C(O)C(N)CCN(C)C)cc1OC. The summed E-state index contributed by atoms with van der Waals surface area (Å²) < 4.78 is 10.9. The molecule has 0 fully saturated rings. The van der Waals surface area contributed by atoms with Crippen molar-refractivity contribution in [2.45, 2.75) is 31.9 Å². The van der Waals surface area contributed by atoms with E-state index in [0.29, 0.717) is 18.1 Å². The fourth-order valence-electron chi connectivity index (χ4n) is 2.01. The first kappa shape index (κ1) is 17.8. The molecular weight excluding hydrogens is 268 g/mol. The molecule has 21 heavy (non-hydrogen) atoms. The predicted octanol–water partition coefficient (Wildman–Crippen LogP) is 1.80. The van der Waals surface area contributed by atoms with Crippen LogP contribution in [0.5, 0.6) is 11.5 Å². The predicted molar refractivity (Wildman–Crippen MR) is 84.9 cm³/mol. The lowest BCUT2D eigenvalue weighted by Crippen LogP contribution is -2.32. The second-order valence-corrected chi connectivity index (χ2v) is 5.46. The molecule has 0 aromatic heterocycles. The van der Waals surface area contributed by atoms with Crippen molar-refractivity contribution in [1.82, 2.24) is 4.90 Å². The van der Waals surface area contributed by atoms with Crippen LogP contribution in [0.4, 0.5) is 0 Å². The van der Waals surface area contributed by atoms with Gasteiger partial charge >= 0.3 is 0 Å². The number of benzene rings is 1. The number of rotatable bonds is 9. The van der Waals surface area contributed by atoms with E-state index in [1.807, 2.05) is 33.2 Å². The zero-order chi connectivity index (χ0) is 15.8. The van der Waals surface area contributed by atoms with Crippen LogP contribution < -0.4 is 15.2 Å². The summed E-state index contributed by atoms with van der Waals surface area (Å²) in [4.78, 5) is 2.05. The van der Waals surface area contributed by atoms with E-state index in [1.165, 1.54) is 0 Å². The number of hydrogen-bond acceptors (Lipinski definition) is 5. The van der Waals surface area contributed by atoms with Crippen LogP contribution in [0.15, 0.2) is 18.2 Å². The minimum absolute atomic E-state index is 0.306. The molecule has 0 aliphatic rings. The standard InChI is InChI=1S/C16H28N2O3/c1-5-10-21-14-7-6-12(11-15(14)20-4)16(19)13(17)8-9-18(2)3/h6-7,11,13,16,19H,5,8-10,17H2,1-4H3. The van der Waals surface area contributed by atoms with Gasteiger partial charge in [0, 0.05) is 6.04 Å². The van der Waals surface area contributed by atoms with Gasteiger partial charge in [-0.05, 0) is 51.2 Å². The average molecular weight is 296 g/mol. The minimum Gasteiger partial charge on any atom is -0.493 e. The van der Waals surface area contributed by atoms with E-state index in [0.717, 1.165) is 24.9 Å². The second kappa shape index (κ2) is 8.87. The van der Waals surface area contributed by atoms with Crippen LogP contribution in [0.3, 0.4) is 0 Å². The summed E-state index contributed by atoms with van der Waals surface area (Å²) in [5.41, 5.74) is 6.81. The number of nitrogens with two attached hydrogens (primary N) is 1. The summed E-state index contributed by atoms with van der Waals surface area (Å²) in [6.45, 7) is 3.53. The third-order valence-corrected chi connectivity index (χ3v) is 3.31. The van der Waals surface area contributed by atoms with Crippen molar-refractivity contribution in [2.75, 3.05) is 34.4 Å². The molecule has 0 radical (unpaired) electrons. The highest BCUT2D eigenvalue weighted by atomic mass is 16.5. The normalized spacial score (nSPS) is 14.0. The lowest BCUT2D eigenvalue weighted by molar-refractivity contribution is 0.137. The molecule has 0 aliphatic carbocycles. The van der Waals surface area contributed by atoms with Gasteiger partial charge in [-0.25, -0.2) is 0 Å². The highest BCUT2D eigenvalue weighted by Crippen LogP contribution is 2.31. The van der Waals surface area contributed by atoms with Gasteiger partial charge in [0.15, 0.2) is 11.5 Å². The summed E-state index contributed by atoms with van der Waals surface area (Å²) in [6, 6.07) is 5.16. The third kappa shape index (κ3) is 5.53. The molecule has 0 saturated heterocycles. The average Bonchev–Trinajstić information content (AvgIpc) is 2.49. The molecule has 0 spiro atoms. The maximum atomic E-state index is 10.3. The van der Waals surface area contributed by atoms with Crippen LogP contribution in [0.25, 0.3) is 0 Å². The van der Waals surface area contributed by atoms with E-state index in [2.05, 4.69) is 4.90 Å². The zero-order valence-electron chi connectivity index (χ0n) is 13.5. The molecule has 0 heterocycles. The van der Waals surface area contributed by atoms with E-state index < -0.39 is 6.10 Å². The van der Waals surface area contributed by atoms with Gasteiger partial charge in [0.1, 0.15) is 0 Å². The molecule has 2 unspecified atom stereocenters. The molecule has 1 aromatic rings. The monoisotopic (exact) mass is 296 g/mol. The highest BCUT2D eigenvalue weighted by molar-refractivity contribution is 5.43. The van der Waals surface area contributed by atoms with Crippen molar-refractivity contribution >= 4 is 0 Å². The van der Waals surface area contributed by atoms with Gasteiger partial charge in [0.2, 0.25) is 0 Å². The van der Waals surface area contributed by atoms with Crippen LogP contribution >= 0.6 is 0 Å². The van der Waals surface area contributed by atoms with Crippen LogP contribution in [0, 0.1) is 0 Å². The van der Waals surface area contributed by atoms with Crippen molar-refractivity contribution in [3.05, 3.63) is 23.8 Å². The van der Waals surface area contributed by atoms with Crippen LogP contribution in [0.2, 0.25) is 0 Å². The Morgan fingerprint density at radius 1 is 1.29 bits per heavy atom. The molecule has 5 heteroatoms. The molecule has 120 valence electrons. The maximum Gasteiger partial charge on any atom is 0.161 e. The number of nitrogens with zero attached hydrogens (tertiary/aromatic N) is 1. The topological polar surface area (TPSA) is 68.0 Å². The van der Waals surface area contributed by atoms with Crippen LogP contribution in [0.1, 0.15) is 31.4 Å². The maximum absolute atomic E-state index is 10.3. The molecule has 1 aromatic carbocycles. The van der Waals surface area contributed by atoms with Crippen molar-refractivity contribution in [3.8, 4) is 11.5 Å². The summed E-state index contributed by atoms with van der Waals surface area (Å²) in [6.07, 6.45) is 0.951. The van der Waals surface area contributed by atoms with E-state index in [4.69, 9.17) is 15.2 Å². The summed E-state index contributed by atoms with van der Waals surface area (Å²) in [5, 5.41) is 10.3. The Kier molecular flexibility index (Phi) is 7.50. The van der Waals surface area contributed by atoms with Gasteiger partial charge in [0.05, 0.1) is 19.8 Å². The Labute approximate surface area is 127 Å². The van der Waals surface area contributed by atoms with Crippen LogP contribution in [-0.4, -0.2) is 50.4 Å². The van der Waals surface area contributed by atoms with Gasteiger partial charge < -0.3 is 25.2 Å². The Hall–Kier alpha value is -1.30. The van der Waals surface area contributed by atoms with Gasteiger partial charge in [-0.1, -0.05) is 13.0 Å². The molecule has 0 bridgehead atoms. The molecule has 0 aliphatic heterocycles. The van der Waals surface area contributed by atoms with E-state index in [-0.39, 0.29) is 6.04 Å². The number of ether oxygens (including phenoxy) is 2. The Balaban J connectivity index is 2.77. The minimum atomic E-state index is -0.709. The van der Waals surface area contributed by atoms with Gasteiger partial charge in [-0.2, -0.15) is 0 Å². The molecule has 0 saturated carbocycles. The smallest absolute Gasteiger partial charge is 0.161 e. The van der Waals surface area contributed by atoms with Crippen molar-refractivity contribution < 1.29 is 14.6 Å². The Bertz CT molecular complexity index is 424. The van der Waals surface area contributed by atoms with Crippen molar-refractivity contribution in [2.24, 2.45) is 5.73 Å². The lowest BCUT2D eigenvalue weighted by Gasteiger charge is -2.22.